The number of benzene rings is 1. The highest BCUT2D eigenvalue weighted by Crippen LogP contribution is 2.21. The molecule has 1 aromatic carbocycles. The van der Waals surface area contributed by atoms with E-state index in [9.17, 15) is 0 Å². The van der Waals surface area contributed by atoms with Crippen LogP contribution >= 0.6 is 15.9 Å². The van der Waals surface area contributed by atoms with Gasteiger partial charge < -0.3 is 10.1 Å². The molecule has 0 radical (unpaired) electrons. The van der Waals surface area contributed by atoms with Crippen molar-refractivity contribution in [3.8, 4) is 11.8 Å². The molecule has 0 amide bonds. The van der Waals surface area contributed by atoms with E-state index in [1.165, 1.54) is 0 Å². The van der Waals surface area contributed by atoms with Gasteiger partial charge in [-0.3, -0.25) is 4.57 Å². The minimum atomic E-state index is 0.378. The molecular formula is C14H15BrN4O. The van der Waals surface area contributed by atoms with E-state index in [1.807, 2.05) is 18.2 Å². The molecule has 0 fully saturated rings. The van der Waals surface area contributed by atoms with E-state index in [-0.39, 0.29) is 0 Å². The van der Waals surface area contributed by atoms with Crippen LogP contribution < -0.4 is 5.32 Å². The van der Waals surface area contributed by atoms with Crippen LogP contribution in [-0.4, -0.2) is 29.8 Å². The standard InChI is InChI=1S/C14H15BrN4O/c1-20-7-5-17-10-11-2-3-12(8-13(11)15)19-6-4-18-14(19)9-16/h2-4,6,8,17H,5,7,10H2,1H3. The van der Waals surface area contributed by atoms with Gasteiger partial charge in [-0.1, -0.05) is 22.0 Å². The zero-order valence-electron chi connectivity index (χ0n) is 11.1. The first-order valence-corrected chi connectivity index (χ1v) is 6.97. The second-order valence-electron chi connectivity index (χ2n) is 4.18. The van der Waals surface area contributed by atoms with E-state index >= 15 is 0 Å². The maximum absolute atomic E-state index is 8.99. The molecule has 2 rings (SSSR count). The molecule has 6 heteroatoms. The summed E-state index contributed by atoms with van der Waals surface area (Å²) < 4.78 is 7.74. The smallest absolute Gasteiger partial charge is 0.217 e. The lowest BCUT2D eigenvalue weighted by Crippen LogP contribution is -2.18. The molecule has 0 saturated carbocycles. The van der Waals surface area contributed by atoms with Crippen molar-refractivity contribution in [1.82, 2.24) is 14.9 Å². The first-order valence-electron chi connectivity index (χ1n) is 6.18. The van der Waals surface area contributed by atoms with Gasteiger partial charge in [-0.15, -0.1) is 0 Å². The Hall–Kier alpha value is -1.68. The van der Waals surface area contributed by atoms with Gasteiger partial charge in [-0.25, -0.2) is 4.98 Å². The molecule has 104 valence electrons. The molecule has 0 aliphatic heterocycles. The Balaban J connectivity index is 2.12. The van der Waals surface area contributed by atoms with Gasteiger partial charge in [0.1, 0.15) is 6.07 Å². The molecular weight excluding hydrogens is 320 g/mol. The molecule has 5 nitrogen and oxygen atoms in total. The van der Waals surface area contributed by atoms with Crippen molar-refractivity contribution >= 4 is 15.9 Å². The molecule has 2 aromatic rings. The van der Waals surface area contributed by atoms with Crippen LogP contribution in [0.3, 0.4) is 0 Å². The van der Waals surface area contributed by atoms with Gasteiger partial charge in [0.2, 0.25) is 5.82 Å². The van der Waals surface area contributed by atoms with Crippen LogP contribution in [0.25, 0.3) is 5.69 Å². The van der Waals surface area contributed by atoms with Crippen LogP contribution in [-0.2, 0) is 11.3 Å². The number of halogens is 1. The average Bonchev–Trinajstić information content (AvgIpc) is 2.93. The van der Waals surface area contributed by atoms with Gasteiger partial charge in [0.15, 0.2) is 0 Å². The maximum Gasteiger partial charge on any atom is 0.217 e. The molecule has 1 heterocycles. The zero-order valence-corrected chi connectivity index (χ0v) is 12.7. The quantitative estimate of drug-likeness (QED) is 0.823. The molecule has 0 atom stereocenters. The van der Waals surface area contributed by atoms with E-state index in [0.717, 1.165) is 28.8 Å². The molecule has 1 aromatic heterocycles. The fraction of sp³-hybridized carbons (Fsp3) is 0.286. The van der Waals surface area contributed by atoms with Crippen molar-refractivity contribution in [3.05, 3.63) is 46.5 Å². The highest BCUT2D eigenvalue weighted by Gasteiger charge is 2.06. The Morgan fingerprint density at radius 3 is 3.05 bits per heavy atom. The minimum Gasteiger partial charge on any atom is -0.383 e. The summed E-state index contributed by atoms with van der Waals surface area (Å²) >= 11 is 3.56. The third kappa shape index (κ3) is 3.45. The second-order valence-corrected chi connectivity index (χ2v) is 5.03. The molecule has 0 bridgehead atoms. The van der Waals surface area contributed by atoms with Crippen molar-refractivity contribution in [2.24, 2.45) is 0 Å². The van der Waals surface area contributed by atoms with Crippen LogP contribution in [0.2, 0.25) is 0 Å². The summed E-state index contributed by atoms with van der Waals surface area (Å²) in [6, 6.07) is 8.05. The molecule has 0 aliphatic carbocycles. The van der Waals surface area contributed by atoms with Crippen molar-refractivity contribution in [2.45, 2.75) is 6.54 Å². The molecule has 1 N–H and O–H groups in total. The summed E-state index contributed by atoms with van der Waals surface area (Å²) in [5, 5.41) is 12.3. The summed E-state index contributed by atoms with van der Waals surface area (Å²) in [7, 11) is 1.68. The van der Waals surface area contributed by atoms with Crippen molar-refractivity contribution in [3.63, 3.8) is 0 Å². The van der Waals surface area contributed by atoms with E-state index in [0.29, 0.717) is 12.4 Å². The fourth-order valence-corrected chi connectivity index (χ4v) is 2.33. The Kier molecular flexibility index (Phi) is 5.30. The summed E-state index contributed by atoms with van der Waals surface area (Å²) in [5.41, 5.74) is 2.06. The lowest BCUT2D eigenvalue weighted by Gasteiger charge is -2.09. The number of rotatable bonds is 6. The lowest BCUT2D eigenvalue weighted by atomic mass is 10.2. The Morgan fingerprint density at radius 1 is 1.50 bits per heavy atom. The SMILES string of the molecule is COCCNCc1ccc(-n2ccnc2C#N)cc1Br. The number of nitrogens with one attached hydrogen (secondary N) is 1. The van der Waals surface area contributed by atoms with Crippen molar-refractivity contribution in [2.75, 3.05) is 20.3 Å². The lowest BCUT2D eigenvalue weighted by molar-refractivity contribution is 0.199. The number of hydrogen-bond donors (Lipinski definition) is 1. The normalized spacial score (nSPS) is 10.4. The monoisotopic (exact) mass is 334 g/mol. The average molecular weight is 335 g/mol. The Bertz CT molecular complexity index is 618. The minimum absolute atomic E-state index is 0.378. The number of nitrogens with zero attached hydrogens (tertiary/aromatic N) is 3. The molecule has 0 unspecified atom stereocenters. The van der Waals surface area contributed by atoms with E-state index in [1.54, 1.807) is 24.1 Å². The van der Waals surface area contributed by atoms with E-state index in [4.69, 9.17) is 10.00 Å². The van der Waals surface area contributed by atoms with Gasteiger partial charge in [-0.2, -0.15) is 5.26 Å². The Morgan fingerprint density at radius 2 is 2.35 bits per heavy atom. The zero-order chi connectivity index (χ0) is 14.4. The first-order chi connectivity index (χ1) is 9.76. The van der Waals surface area contributed by atoms with Crippen LogP contribution in [0, 0.1) is 11.3 Å². The summed E-state index contributed by atoms with van der Waals surface area (Å²) in [6.07, 6.45) is 3.39. The summed E-state index contributed by atoms with van der Waals surface area (Å²) in [4.78, 5) is 3.99. The number of aromatic nitrogens is 2. The number of hydrogen-bond acceptors (Lipinski definition) is 4. The highest BCUT2D eigenvalue weighted by molar-refractivity contribution is 9.10. The van der Waals surface area contributed by atoms with E-state index in [2.05, 4.69) is 32.3 Å². The number of nitriles is 1. The number of imidazole rings is 1. The third-order valence-electron chi connectivity index (χ3n) is 2.85. The number of methoxy groups -OCH3 is 1. The van der Waals surface area contributed by atoms with Crippen LogP contribution in [0.1, 0.15) is 11.4 Å². The van der Waals surface area contributed by atoms with Crippen LogP contribution in [0.4, 0.5) is 0 Å². The van der Waals surface area contributed by atoms with Gasteiger partial charge in [0.25, 0.3) is 0 Å². The third-order valence-corrected chi connectivity index (χ3v) is 3.59. The fourth-order valence-electron chi connectivity index (χ4n) is 1.82. The molecule has 0 aliphatic rings. The first kappa shape index (κ1) is 14.7. The molecule has 0 spiro atoms. The maximum atomic E-state index is 8.99. The Labute approximate surface area is 126 Å². The van der Waals surface area contributed by atoms with Crippen molar-refractivity contribution < 1.29 is 4.74 Å². The van der Waals surface area contributed by atoms with Crippen LogP contribution in [0.5, 0.6) is 0 Å². The highest BCUT2D eigenvalue weighted by atomic mass is 79.9. The van der Waals surface area contributed by atoms with E-state index < -0.39 is 0 Å². The molecule has 0 saturated heterocycles. The van der Waals surface area contributed by atoms with Crippen molar-refractivity contribution in [1.29, 1.82) is 5.26 Å². The summed E-state index contributed by atoms with van der Waals surface area (Å²) in [5.74, 6) is 0.378. The topological polar surface area (TPSA) is 62.9 Å². The predicted octanol–water partition coefficient (Wildman–Crippen LogP) is 2.24. The molecule has 20 heavy (non-hydrogen) atoms. The van der Waals surface area contributed by atoms with Gasteiger partial charge in [0, 0.05) is 42.8 Å². The van der Waals surface area contributed by atoms with Gasteiger partial charge in [0.05, 0.1) is 6.61 Å². The largest absolute Gasteiger partial charge is 0.383 e. The number of ether oxygens (including phenoxy) is 1. The van der Waals surface area contributed by atoms with Gasteiger partial charge in [-0.05, 0) is 17.7 Å². The summed E-state index contributed by atoms with van der Waals surface area (Å²) in [6.45, 7) is 2.26. The van der Waals surface area contributed by atoms with Gasteiger partial charge >= 0.3 is 0 Å². The second kappa shape index (κ2) is 7.20. The van der Waals surface area contributed by atoms with Crippen LogP contribution in [0.15, 0.2) is 35.1 Å². The predicted molar refractivity (Wildman–Crippen MR) is 79.6 cm³/mol.